The molecule has 4 rings (SSSR count). The van der Waals surface area contributed by atoms with E-state index in [1.807, 2.05) is 48.5 Å². The van der Waals surface area contributed by atoms with Gasteiger partial charge in [-0.15, -0.1) is 10.2 Å². The molecule has 3 aromatic rings. The van der Waals surface area contributed by atoms with Crippen molar-refractivity contribution in [3.8, 4) is 17.3 Å². The second-order valence-corrected chi connectivity index (χ2v) is 6.58. The molecule has 2 aromatic carbocycles. The lowest BCUT2D eigenvalue weighted by Crippen LogP contribution is -2.19. The molecule has 1 aromatic heterocycles. The highest BCUT2D eigenvalue weighted by molar-refractivity contribution is 5.97. The van der Waals surface area contributed by atoms with E-state index in [9.17, 15) is 10.1 Å². The van der Waals surface area contributed by atoms with E-state index in [-0.39, 0.29) is 0 Å². The summed E-state index contributed by atoms with van der Waals surface area (Å²) in [6.45, 7) is 0. The minimum absolute atomic E-state index is 0.368. The molecule has 1 aliphatic carbocycles. The van der Waals surface area contributed by atoms with Crippen LogP contribution in [0.1, 0.15) is 28.8 Å². The van der Waals surface area contributed by atoms with Crippen molar-refractivity contribution in [1.82, 2.24) is 10.2 Å². The lowest BCUT2D eigenvalue weighted by molar-refractivity contribution is 0.0999. The van der Waals surface area contributed by atoms with Crippen molar-refractivity contribution in [2.75, 3.05) is 5.32 Å². The van der Waals surface area contributed by atoms with Crippen LogP contribution in [-0.4, -0.2) is 16.1 Å². The number of carbonyl (C=O) groups is 1. The first-order valence-corrected chi connectivity index (χ1v) is 8.64. The Kier molecular flexibility index (Phi) is 4.05. The maximum absolute atomic E-state index is 11.9. The molecule has 0 atom stereocenters. The van der Waals surface area contributed by atoms with Gasteiger partial charge in [-0.3, -0.25) is 4.79 Å². The molecule has 0 saturated heterocycles. The number of benzene rings is 2. The van der Waals surface area contributed by atoms with Gasteiger partial charge in [0.25, 0.3) is 0 Å². The fourth-order valence-electron chi connectivity index (χ4n) is 3.22. The third-order valence-electron chi connectivity index (χ3n) is 4.77. The molecule has 3 N–H and O–H groups in total. The van der Waals surface area contributed by atoms with E-state index < -0.39 is 11.3 Å². The number of hydrogen-bond donors (Lipinski definition) is 2. The largest absolute Gasteiger partial charge is 0.366 e. The summed E-state index contributed by atoms with van der Waals surface area (Å²) in [5.74, 6) is -0.00743. The molecule has 1 saturated carbocycles. The highest BCUT2D eigenvalue weighted by atomic mass is 16.1. The number of aromatic nitrogens is 2. The Bertz CT molecular complexity index is 1030. The molecule has 1 heterocycles. The number of rotatable bonds is 5. The Balaban J connectivity index is 1.68. The Morgan fingerprint density at radius 2 is 1.81 bits per heavy atom. The van der Waals surface area contributed by atoms with Crippen molar-refractivity contribution in [3.63, 3.8) is 0 Å². The molecule has 0 radical (unpaired) electrons. The molecule has 132 valence electrons. The van der Waals surface area contributed by atoms with Gasteiger partial charge in [0, 0.05) is 22.4 Å². The number of anilines is 2. The van der Waals surface area contributed by atoms with Gasteiger partial charge in [-0.1, -0.05) is 36.4 Å². The molecule has 0 aliphatic heterocycles. The lowest BCUT2D eigenvalue weighted by Gasteiger charge is -2.17. The van der Waals surface area contributed by atoms with Crippen LogP contribution in [0.25, 0.3) is 11.3 Å². The van der Waals surface area contributed by atoms with Gasteiger partial charge in [0.05, 0.1) is 17.2 Å². The average Bonchev–Trinajstić information content (AvgIpc) is 3.50. The van der Waals surface area contributed by atoms with E-state index in [0.717, 1.165) is 11.3 Å². The summed E-state index contributed by atoms with van der Waals surface area (Å²) in [5, 5.41) is 21.3. The lowest BCUT2D eigenvalue weighted by atomic mass is 9.90. The second-order valence-electron chi connectivity index (χ2n) is 6.58. The minimum atomic E-state index is -0.661. The Morgan fingerprint density at radius 1 is 1.04 bits per heavy atom. The first-order valence-electron chi connectivity index (χ1n) is 8.64. The summed E-state index contributed by atoms with van der Waals surface area (Å²) in [5.41, 5.74) is 8.30. The Morgan fingerprint density at radius 3 is 2.41 bits per heavy atom. The van der Waals surface area contributed by atoms with Crippen molar-refractivity contribution in [2.24, 2.45) is 5.73 Å². The molecule has 6 nitrogen and oxygen atoms in total. The quantitative estimate of drug-likeness (QED) is 0.728. The average molecular weight is 355 g/mol. The van der Waals surface area contributed by atoms with Crippen LogP contribution in [0, 0.1) is 11.3 Å². The molecule has 6 heteroatoms. The summed E-state index contributed by atoms with van der Waals surface area (Å²) < 4.78 is 0. The van der Waals surface area contributed by atoms with Crippen molar-refractivity contribution >= 4 is 17.4 Å². The van der Waals surface area contributed by atoms with E-state index in [1.165, 1.54) is 0 Å². The summed E-state index contributed by atoms with van der Waals surface area (Å²) in [4.78, 5) is 11.9. The maximum Gasteiger partial charge on any atom is 0.249 e. The molecule has 0 unspecified atom stereocenters. The molecule has 1 fully saturated rings. The van der Waals surface area contributed by atoms with Crippen LogP contribution in [0.3, 0.4) is 0 Å². The van der Waals surface area contributed by atoms with Crippen LogP contribution in [0.4, 0.5) is 11.5 Å². The van der Waals surface area contributed by atoms with Crippen LogP contribution in [-0.2, 0) is 5.41 Å². The van der Waals surface area contributed by atoms with Crippen molar-refractivity contribution < 1.29 is 4.79 Å². The highest BCUT2D eigenvalue weighted by Gasteiger charge is 2.48. The number of primary amides is 1. The third kappa shape index (κ3) is 3.11. The van der Waals surface area contributed by atoms with Crippen LogP contribution in [0.15, 0.2) is 60.7 Å². The molecule has 0 spiro atoms. The first kappa shape index (κ1) is 16.7. The number of nitrogens with one attached hydrogen (secondary N) is 1. The van der Waals surface area contributed by atoms with Crippen LogP contribution < -0.4 is 11.1 Å². The van der Waals surface area contributed by atoms with Gasteiger partial charge in [-0.2, -0.15) is 5.26 Å². The van der Waals surface area contributed by atoms with E-state index in [0.29, 0.717) is 35.5 Å². The van der Waals surface area contributed by atoms with E-state index >= 15 is 0 Å². The van der Waals surface area contributed by atoms with E-state index in [1.54, 1.807) is 12.1 Å². The summed E-state index contributed by atoms with van der Waals surface area (Å²) >= 11 is 0. The zero-order valence-corrected chi connectivity index (χ0v) is 14.5. The van der Waals surface area contributed by atoms with Crippen LogP contribution in [0.2, 0.25) is 0 Å². The molecule has 27 heavy (non-hydrogen) atoms. The SMILES string of the molecule is N#CC1(c2c(Nc3ccc(-c4ccccc4)nn3)cccc2C(N)=O)CC1. The topological polar surface area (TPSA) is 105 Å². The van der Waals surface area contributed by atoms with Crippen molar-refractivity contribution in [3.05, 3.63) is 71.8 Å². The molecular formula is C21H17N5O. The summed E-state index contributed by atoms with van der Waals surface area (Å²) in [6, 6.07) is 21.0. The van der Waals surface area contributed by atoms with Crippen molar-refractivity contribution in [1.29, 1.82) is 5.26 Å². The van der Waals surface area contributed by atoms with Gasteiger partial charge in [0.15, 0.2) is 5.82 Å². The molecular weight excluding hydrogens is 338 g/mol. The van der Waals surface area contributed by atoms with Gasteiger partial charge in [-0.05, 0) is 37.1 Å². The normalized spacial score (nSPS) is 14.2. The van der Waals surface area contributed by atoms with Crippen LogP contribution in [0.5, 0.6) is 0 Å². The van der Waals surface area contributed by atoms with Gasteiger partial charge < -0.3 is 11.1 Å². The summed E-state index contributed by atoms with van der Waals surface area (Å²) in [6.07, 6.45) is 1.42. The van der Waals surface area contributed by atoms with Gasteiger partial charge in [-0.25, -0.2) is 0 Å². The number of amides is 1. The molecule has 0 bridgehead atoms. The zero-order valence-electron chi connectivity index (χ0n) is 14.5. The Labute approximate surface area is 156 Å². The number of nitrogens with zero attached hydrogens (tertiary/aromatic N) is 3. The third-order valence-corrected chi connectivity index (χ3v) is 4.77. The molecule has 1 aliphatic rings. The monoisotopic (exact) mass is 355 g/mol. The number of carbonyl (C=O) groups excluding carboxylic acids is 1. The van der Waals surface area contributed by atoms with E-state index in [4.69, 9.17) is 5.73 Å². The molecule has 1 amide bonds. The van der Waals surface area contributed by atoms with Crippen molar-refractivity contribution in [2.45, 2.75) is 18.3 Å². The predicted molar refractivity (Wildman–Crippen MR) is 102 cm³/mol. The second kappa shape index (κ2) is 6.54. The van der Waals surface area contributed by atoms with Gasteiger partial charge in [0.2, 0.25) is 5.91 Å². The zero-order chi connectivity index (χ0) is 18.9. The number of nitrogens with two attached hydrogens (primary N) is 1. The fourth-order valence-corrected chi connectivity index (χ4v) is 3.22. The highest BCUT2D eigenvalue weighted by Crippen LogP contribution is 2.51. The summed E-state index contributed by atoms with van der Waals surface area (Å²) in [7, 11) is 0. The Hall–Kier alpha value is -3.72. The predicted octanol–water partition coefficient (Wildman–Crippen LogP) is 3.54. The minimum Gasteiger partial charge on any atom is -0.366 e. The van der Waals surface area contributed by atoms with Gasteiger partial charge >= 0.3 is 0 Å². The standard InChI is InChI=1S/C21H17N5O/c22-13-21(11-12-21)19-15(20(23)27)7-4-8-17(19)24-18-10-9-16(25-26-18)14-5-2-1-3-6-14/h1-10H,11-12H2,(H2,23,27)(H,24,26). The number of nitriles is 1. The fraction of sp³-hybridized carbons (Fsp3) is 0.143. The van der Waals surface area contributed by atoms with Gasteiger partial charge in [0.1, 0.15) is 0 Å². The number of hydrogen-bond acceptors (Lipinski definition) is 5. The van der Waals surface area contributed by atoms with E-state index in [2.05, 4.69) is 21.6 Å². The maximum atomic E-state index is 11.9. The van der Waals surface area contributed by atoms with Crippen LogP contribution >= 0.6 is 0 Å². The smallest absolute Gasteiger partial charge is 0.249 e. The first-order chi connectivity index (χ1) is 13.1.